The Bertz CT molecular complexity index is 1100. The molecule has 5 nitrogen and oxygen atoms in total. The van der Waals surface area contributed by atoms with Crippen molar-refractivity contribution in [2.24, 2.45) is 5.92 Å². The van der Waals surface area contributed by atoms with Crippen molar-refractivity contribution in [3.05, 3.63) is 71.4 Å². The molecule has 0 radical (unpaired) electrons. The standard InChI is InChI=1S/C25H27N3O2/c1-16(2)12-13-27-15-22(29)28-21(25(27)30)14-19-18-10-6-7-11-20(18)26-23(19)24(28)17-8-4-3-5-9-17/h3-11,16,21,24,26H,12-15H2,1-2H3/t21-,24?/m0/s1. The summed E-state index contributed by atoms with van der Waals surface area (Å²) in [4.78, 5) is 34.0. The van der Waals surface area contributed by atoms with Gasteiger partial charge in [-0.1, -0.05) is 62.4 Å². The lowest BCUT2D eigenvalue weighted by Gasteiger charge is -2.47. The Morgan fingerprint density at radius 1 is 1.03 bits per heavy atom. The fourth-order valence-corrected chi connectivity index (χ4v) is 4.91. The zero-order valence-corrected chi connectivity index (χ0v) is 17.5. The summed E-state index contributed by atoms with van der Waals surface area (Å²) in [7, 11) is 0. The highest BCUT2D eigenvalue weighted by Crippen LogP contribution is 2.42. The Morgan fingerprint density at radius 2 is 1.77 bits per heavy atom. The number of nitrogens with one attached hydrogen (secondary N) is 1. The number of H-pyrrole nitrogens is 1. The lowest BCUT2D eigenvalue weighted by atomic mass is 9.86. The first-order valence-electron chi connectivity index (χ1n) is 10.8. The highest BCUT2D eigenvalue weighted by molar-refractivity contribution is 5.97. The van der Waals surface area contributed by atoms with Gasteiger partial charge >= 0.3 is 0 Å². The molecule has 2 amide bonds. The molecule has 0 spiro atoms. The molecule has 1 unspecified atom stereocenters. The monoisotopic (exact) mass is 401 g/mol. The van der Waals surface area contributed by atoms with Crippen molar-refractivity contribution in [1.82, 2.24) is 14.8 Å². The zero-order chi connectivity index (χ0) is 20.8. The van der Waals surface area contributed by atoms with E-state index in [9.17, 15) is 9.59 Å². The number of para-hydroxylation sites is 1. The third-order valence-corrected chi connectivity index (χ3v) is 6.43. The Balaban J connectivity index is 1.63. The Morgan fingerprint density at radius 3 is 2.53 bits per heavy atom. The van der Waals surface area contributed by atoms with E-state index in [2.05, 4.69) is 31.0 Å². The van der Waals surface area contributed by atoms with Crippen LogP contribution in [-0.2, 0) is 16.0 Å². The molecule has 30 heavy (non-hydrogen) atoms. The van der Waals surface area contributed by atoms with Gasteiger partial charge in [-0.25, -0.2) is 0 Å². The van der Waals surface area contributed by atoms with Gasteiger partial charge in [0.2, 0.25) is 11.8 Å². The van der Waals surface area contributed by atoms with E-state index in [0.717, 1.165) is 34.1 Å². The average molecular weight is 402 g/mol. The highest BCUT2D eigenvalue weighted by Gasteiger charge is 2.47. The number of carbonyl (C=O) groups is 2. The van der Waals surface area contributed by atoms with E-state index in [4.69, 9.17) is 0 Å². The number of fused-ring (bicyclic) bond motifs is 4. The molecular formula is C25H27N3O2. The number of aromatic amines is 1. The summed E-state index contributed by atoms with van der Waals surface area (Å²) in [5, 5.41) is 1.15. The van der Waals surface area contributed by atoms with E-state index in [1.54, 1.807) is 4.90 Å². The number of aromatic nitrogens is 1. The quantitative estimate of drug-likeness (QED) is 0.721. The first-order chi connectivity index (χ1) is 14.5. The van der Waals surface area contributed by atoms with Crippen LogP contribution in [0.5, 0.6) is 0 Å². The maximum absolute atomic E-state index is 13.5. The molecule has 2 aliphatic rings. The summed E-state index contributed by atoms with van der Waals surface area (Å²) in [5.74, 6) is 0.600. The van der Waals surface area contributed by atoms with Crippen LogP contribution in [0, 0.1) is 5.92 Å². The maximum Gasteiger partial charge on any atom is 0.246 e. The predicted octanol–water partition coefficient (Wildman–Crippen LogP) is 3.90. The van der Waals surface area contributed by atoms with Gasteiger partial charge < -0.3 is 14.8 Å². The predicted molar refractivity (Wildman–Crippen MR) is 117 cm³/mol. The second-order valence-corrected chi connectivity index (χ2v) is 8.84. The molecule has 2 aromatic carbocycles. The number of hydrogen-bond donors (Lipinski definition) is 1. The maximum atomic E-state index is 13.5. The molecule has 3 heterocycles. The fraction of sp³-hybridized carbons (Fsp3) is 0.360. The van der Waals surface area contributed by atoms with Gasteiger partial charge in [0.15, 0.2) is 0 Å². The largest absolute Gasteiger partial charge is 0.356 e. The van der Waals surface area contributed by atoms with Crippen molar-refractivity contribution in [2.75, 3.05) is 13.1 Å². The van der Waals surface area contributed by atoms with Crippen molar-refractivity contribution in [1.29, 1.82) is 0 Å². The zero-order valence-electron chi connectivity index (χ0n) is 17.5. The normalized spacial score (nSPS) is 21.3. The minimum Gasteiger partial charge on any atom is -0.356 e. The molecule has 3 aromatic rings. The van der Waals surface area contributed by atoms with Crippen molar-refractivity contribution in [2.45, 2.75) is 38.8 Å². The Kier molecular flexibility index (Phi) is 4.61. The van der Waals surface area contributed by atoms with E-state index in [0.29, 0.717) is 18.9 Å². The van der Waals surface area contributed by atoms with Crippen LogP contribution in [0.15, 0.2) is 54.6 Å². The molecule has 0 aliphatic carbocycles. The van der Waals surface area contributed by atoms with Crippen LogP contribution in [0.3, 0.4) is 0 Å². The number of amides is 2. The summed E-state index contributed by atoms with van der Waals surface area (Å²) in [6, 6.07) is 17.6. The minimum atomic E-state index is -0.449. The molecule has 1 aromatic heterocycles. The molecule has 154 valence electrons. The summed E-state index contributed by atoms with van der Waals surface area (Å²) in [6.07, 6.45) is 1.47. The molecule has 1 fully saturated rings. The van der Waals surface area contributed by atoms with Gasteiger partial charge in [-0.2, -0.15) is 0 Å². The Labute approximate surface area is 176 Å². The van der Waals surface area contributed by atoms with E-state index < -0.39 is 6.04 Å². The number of nitrogens with zero attached hydrogens (tertiary/aromatic N) is 2. The smallest absolute Gasteiger partial charge is 0.246 e. The van der Waals surface area contributed by atoms with E-state index in [-0.39, 0.29) is 24.4 Å². The summed E-state index contributed by atoms with van der Waals surface area (Å²) in [5.41, 5.74) is 4.29. The first-order valence-corrected chi connectivity index (χ1v) is 10.8. The SMILES string of the molecule is CC(C)CCN1CC(=O)N2C(c3ccccc3)c3[nH]c4ccccc4c3C[C@H]2C1=O. The van der Waals surface area contributed by atoms with Crippen LogP contribution in [0.4, 0.5) is 0 Å². The lowest BCUT2D eigenvalue weighted by Crippen LogP contribution is -2.63. The van der Waals surface area contributed by atoms with Crippen LogP contribution in [0.25, 0.3) is 10.9 Å². The van der Waals surface area contributed by atoms with E-state index in [1.807, 2.05) is 47.4 Å². The first kappa shape index (κ1) is 18.9. The molecular weight excluding hydrogens is 374 g/mol. The van der Waals surface area contributed by atoms with Crippen molar-refractivity contribution in [3.8, 4) is 0 Å². The fourth-order valence-electron chi connectivity index (χ4n) is 4.91. The molecule has 2 aliphatic heterocycles. The van der Waals surface area contributed by atoms with E-state index in [1.165, 1.54) is 0 Å². The van der Waals surface area contributed by atoms with Crippen molar-refractivity contribution in [3.63, 3.8) is 0 Å². The Hall–Kier alpha value is -3.08. The molecule has 2 atom stereocenters. The van der Waals surface area contributed by atoms with Crippen molar-refractivity contribution < 1.29 is 9.59 Å². The van der Waals surface area contributed by atoms with Gasteiger partial charge in [0, 0.05) is 29.6 Å². The van der Waals surface area contributed by atoms with Crippen LogP contribution < -0.4 is 0 Å². The molecule has 5 heteroatoms. The van der Waals surface area contributed by atoms with Gasteiger partial charge in [-0.15, -0.1) is 0 Å². The summed E-state index contributed by atoms with van der Waals surface area (Å²) in [6.45, 7) is 5.10. The lowest BCUT2D eigenvalue weighted by molar-refractivity contribution is -0.158. The number of carbonyl (C=O) groups excluding carboxylic acids is 2. The molecule has 5 rings (SSSR count). The van der Waals surface area contributed by atoms with Gasteiger partial charge in [0.05, 0.1) is 12.6 Å². The third kappa shape index (κ3) is 3.00. The van der Waals surface area contributed by atoms with Crippen molar-refractivity contribution >= 4 is 22.7 Å². The number of rotatable bonds is 4. The molecule has 0 bridgehead atoms. The minimum absolute atomic E-state index is 0.0292. The molecule has 0 saturated carbocycles. The second kappa shape index (κ2) is 7.31. The van der Waals surface area contributed by atoms with Crippen LogP contribution in [0.1, 0.15) is 43.1 Å². The second-order valence-electron chi connectivity index (χ2n) is 8.84. The van der Waals surface area contributed by atoms with Crippen LogP contribution in [0.2, 0.25) is 0 Å². The van der Waals surface area contributed by atoms with Crippen LogP contribution in [-0.4, -0.2) is 45.7 Å². The van der Waals surface area contributed by atoms with E-state index >= 15 is 0 Å². The number of piperazine rings is 1. The molecule has 1 saturated heterocycles. The van der Waals surface area contributed by atoms with Gasteiger partial charge in [-0.05, 0) is 29.5 Å². The van der Waals surface area contributed by atoms with Gasteiger partial charge in [-0.3, -0.25) is 9.59 Å². The summed E-state index contributed by atoms with van der Waals surface area (Å²) >= 11 is 0. The summed E-state index contributed by atoms with van der Waals surface area (Å²) < 4.78 is 0. The van der Waals surface area contributed by atoms with Crippen LogP contribution >= 0.6 is 0 Å². The molecule has 1 N–H and O–H groups in total. The topological polar surface area (TPSA) is 56.4 Å². The van der Waals surface area contributed by atoms with Gasteiger partial charge in [0.25, 0.3) is 0 Å². The highest BCUT2D eigenvalue weighted by atomic mass is 16.2. The van der Waals surface area contributed by atoms with Gasteiger partial charge in [0.1, 0.15) is 6.04 Å². The number of hydrogen-bond acceptors (Lipinski definition) is 2. The third-order valence-electron chi connectivity index (χ3n) is 6.43. The number of benzene rings is 2. The average Bonchev–Trinajstić information content (AvgIpc) is 3.12.